The van der Waals surface area contributed by atoms with E-state index in [-0.39, 0.29) is 0 Å². The van der Waals surface area contributed by atoms with Gasteiger partial charge in [0.15, 0.2) is 18.1 Å². The lowest BCUT2D eigenvalue weighted by Crippen LogP contribution is -2.43. The summed E-state index contributed by atoms with van der Waals surface area (Å²) in [4.78, 5) is 49.6. The van der Waals surface area contributed by atoms with E-state index >= 15 is 0 Å². The number of hydrogen-bond donors (Lipinski definition) is 7. The van der Waals surface area contributed by atoms with E-state index in [4.69, 9.17) is 25.8 Å². The van der Waals surface area contributed by atoms with Crippen LogP contribution in [0.5, 0.6) is 0 Å². The minimum absolute atomic E-state index is 0.318. The van der Waals surface area contributed by atoms with Gasteiger partial charge in [0.1, 0.15) is 10.7 Å². The molecule has 1 fully saturated rings. The van der Waals surface area contributed by atoms with E-state index in [9.17, 15) is 38.0 Å². The van der Waals surface area contributed by atoms with Crippen molar-refractivity contribution in [2.45, 2.75) is 24.2 Å². The fraction of sp³-hybridized carbons (Fsp3) is 0.400. The zero-order valence-corrected chi connectivity index (χ0v) is 17.9. The van der Waals surface area contributed by atoms with Crippen molar-refractivity contribution < 1.29 is 65.8 Å². The second-order valence-corrected chi connectivity index (χ2v) is 10.3. The molecule has 21 heteroatoms. The number of nitrogens with one attached hydrogen (secondary N) is 1. The molecule has 1 aliphatic heterocycles. The minimum atomic E-state index is -5.95. The Bertz CT molecular complexity index is 1170. The quantitative estimate of drug-likeness (QED) is 0.127. The molecule has 1 aromatic heterocycles. The molecule has 0 bridgehead atoms. The maximum atomic E-state index is 13.7. The fourth-order valence-electron chi connectivity index (χ4n) is 2.26. The van der Waals surface area contributed by atoms with Crippen LogP contribution in [0.4, 0.5) is 4.39 Å². The topological polar surface area (TPSA) is 247 Å². The summed E-state index contributed by atoms with van der Waals surface area (Å²) < 4.78 is 63.7. The van der Waals surface area contributed by atoms with Crippen LogP contribution in [-0.2, 0) is 31.6 Å². The van der Waals surface area contributed by atoms with Gasteiger partial charge < -0.3 is 34.5 Å². The molecule has 1 aliphatic rings. The summed E-state index contributed by atoms with van der Waals surface area (Å²) in [5.74, 6) is -2.81. The zero-order chi connectivity index (χ0) is 24.0. The number of aromatic amines is 1. The van der Waals surface area contributed by atoms with Crippen molar-refractivity contribution in [1.82, 2.24) is 9.55 Å². The van der Waals surface area contributed by atoms with E-state index in [1.54, 1.807) is 0 Å². The monoisotopic (exact) mass is 528 g/mol. The number of ether oxygens (including phenoxy) is 1. The molecule has 6 atom stereocenters. The van der Waals surface area contributed by atoms with Gasteiger partial charge in [0.05, 0.1) is 6.20 Å². The molecule has 0 spiro atoms. The normalized spacial score (nSPS) is 30.3. The van der Waals surface area contributed by atoms with Gasteiger partial charge in [-0.1, -0.05) is 12.2 Å². The molecule has 31 heavy (non-hydrogen) atoms. The van der Waals surface area contributed by atoms with Gasteiger partial charge in [0.2, 0.25) is 0 Å². The lowest BCUT2D eigenvalue weighted by molar-refractivity contribution is -0.187. The number of terminal acetylenes is 1. The summed E-state index contributed by atoms with van der Waals surface area (Å²) in [7, 11) is -17.6. The Morgan fingerprint density at radius 2 is 1.81 bits per heavy atom. The van der Waals surface area contributed by atoms with Crippen LogP contribution in [0.3, 0.4) is 0 Å². The molecule has 0 aromatic carbocycles. The molecule has 2 unspecified atom stereocenters. The van der Waals surface area contributed by atoms with E-state index in [1.165, 1.54) is 5.92 Å². The number of aliphatic hydroxyl groups excluding tert-OH is 2. The molecule has 1 saturated heterocycles. The number of phosphoric acid groups is 3. The average Bonchev–Trinajstić information content (AvgIpc) is 2.80. The van der Waals surface area contributed by atoms with Gasteiger partial charge in [-0.25, -0.2) is 27.4 Å². The van der Waals surface area contributed by atoms with Gasteiger partial charge in [0.25, 0.3) is 5.79 Å². The second kappa shape index (κ2) is 8.67. The summed E-state index contributed by atoms with van der Waals surface area (Å²) in [5.41, 5.74) is -1.17. The Hall–Kier alpha value is -1.12. The van der Waals surface area contributed by atoms with Gasteiger partial charge in [0, 0.05) is 0 Å². The first kappa shape index (κ1) is 26.1. The highest BCUT2D eigenvalue weighted by atomic mass is 32.1. The highest BCUT2D eigenvalue weighted by Gasteiger charge is 2.60. The van der Waals surface area contributed by atoms with Crippen LogP contribution in [0.25, 0.3) is 0 Å². The van der Waals surface area contributed by atoms with E-state index in [0.717, 1.165) is 0 Å². The predicted molar refractivity (Wildman–Crippen MR) is 94.5 cm³/mol. The second-order valence-electron chi connectivity index (χ2n) is 5.58. The summed E-state index contributed by atoms with van der Waals surface area (Å²) in [6.45, 7) is 0. The predicted octanol–water partition coefficient (Wildman–Crippen LogP) is -1.03. The lowest BCUT2D eigenvalue weighted by atomic mass is 10.1. The van der Waals surface area contributed by atoms with Gasteiger partial charge in [-0.3, -0.25) is 9.55 Å². The molecule has 0 amide bonds. The van der Waals surface area contributed by atoms with Crippen LogP contribution >= 0.6 is 35.7 Å². The van der Waals surface area contributed by atoms with Crippen molar-refractivity contribution in [1.29, 1.82) is 0 Å². The van der Waals surface area contributed by atoms with Crippen LogP contribution in [0.1, 0.15) is 6.23 Å². The maximum absolute atomic E-state index is 13.7. The van der Waals surface area contributed by atoms with Gasteiger partial charge in [-0.05, 0) is 5.92 Å². The highest BCUT2D eigenvalue weighted by Crippen LogP contribution is 2.67. The number of aliphatic hydroxyl groups is 2. The molecule has 0 aliphatic carbocycles. The van der Waals surface area contributed by atoms with E-state index < -0.39 is 63.8 Å². The summed E-state index contributed by atoms with van der Waals surface area (Å²) in [5, 5.41) is 20.3. The number of aromatic nitrogens is 2. The number of rotatable bonds is 7. The standard InChI is InChI=1S/C10H12FN2O14P3S/c1-2-10(25-29(20,21)27-30(22,23)26-28(17,18)19)6(15)5(14)8(24-10)13-3-4(11)7(31)12-9(13)16/h1,3,5-6,8,14-15H,(H,20,21)(H,22,23)(H,12,16,31)(H2,17,18,19)/t5-,6+,8+,10+/m0/s1. The Morgan fingerprint density at radius 3 is 2.32 bits per heavy atom. The first-order valence-corrected chi connectivity index (χ1v) is 12.2. The fourth-order valence-corrected chi connectivity index (χ4v) is 5.59. The molecule has 2 rings (SSSR count). The van der Waals surface area contributed by atoms with Crippen molar-refractivity contribution in [2.24, 2.45) is 0 Å². The van der Waals surface area contributed by atoms with Crippen molar-refractivity contribution in [3.8, 4) is 12.3 Å². The number of hydrogen-bond acceptors (Lipinski definition) is 11. The SMILES string of the molecule is C#C[C@]1(OP(=O)(O)OP(=O)(O)OP(=O)(O)O)O[C@@H](n2cc(F)c(=S)[nH]c2=O)[C@@H](O)[C@H]1O. The van der Waals surface area contributed by atoms with Crippen LogP contribution in [0.2, 0.25) is 0 Å². The van der Waals surface area contributed by atoms with Gasteiger partial charge in [-0.15, -0.1) is 6.42 Å². The minimum Gasteiger partial charge on any atom is -0.385 e. The molecule has 0 radical (unpaired) electrons. The Morgan fingerprint density at radius 1 is 1.23 bits per heavy atom. The number of H-pyrrole nitrogens is 1. The smallest absolute Gasteiger partial charge is 0.385 e. The first-order chi connectivity index (χ1) is 13.9. The van der Waals surface area contributed by atoms with Crippen LogP contribution in [0.15, 0.2) is 11.0 Å². The van der Waals surface area contributed by atoms with Crippen molar-refractivity contribution in [3.05, 3.63) is 27.1 Å². The Labute approximate surface area is 175 Å². The Kier molecular flexibility index (Phi) is 7.31. The molecule has 2 heterocycles. The molecular weight excluding hydrogens is 516 g/mol. The average molecular weight is 528 g/mol. The van der Waals surface area contributed by atoms with Gasteiger partial charge in [-0.2, -0.15) is 8.62 Å². The van der Waals surface area contributed by atoms with Crippen molar-refractivity contribution >= 4 is 35.7 Å². The maximum Gasteiger partial charge on any atom is 0.490 e. The molecular formula is C10H12FN2O14P3S. The third-order valence-electron chi connectivity index (χ3n) is 3.37. The number of phosphoric ester groups is 1. The van der Waals surface area contributed by atoms with E-state index in [1.807, 2.05) is 4.98 Å². The lowest BCUT2D eigenvalue weighted by Gasteiger charge is -2.28. The molecule has 174 valence electrons. The number of halogens is 1. The summed E-state index contributed by atoms with van der Waals surface area (Å²) >= 11 is 4.50. The zero-order valence-electron chi connectivity index (χ0n) is 14.4. The van der Waals surface area contributed by atoms with Crippen LogP contribution in [-0.4, -0.2) is 57.3 Å². The van der Waals surface area contributed by atoms with Crippen molar-refractivity contribution in [2.75, 3.05) is 0 Å². The summed E-state index contributed by atoms with van der Waals surface area (Å²) in [6.07, 6.45) is -1.18. The largest absolute Gasteiger partial charge is 0.490 e. The van der Waals surface area contributed by atoms with E-state index in [2.05, 4.69) is 25.4 Å². The van der Waals surface area contributed by atoms with Crippen LogP contribution < -0.4 is 5.69 Å². The van der Waals surface area contributed by atoms with Gasteiger partial charge >= 0.3 is 29.2 Å². The molecule has 1 aromatic rings. The third kappa shape index (κ3) is 6.02. The highest BCUT2D eigenvalue weighted by molar-refractivity contribution is 7.71. The molecule has 7 N–H and O–H groups in total. The van der Waals surface area contributed by atoms with Crippen LogP contribution in [0, 0.1) is 22.8 Å². The summed E-state index contributed by atoms with van der Waals surface area (Å²) in [6, 6.07) is 0. The van der Waals surface area contributed by atoms with Crippen molar-refractivity contribution in [3.63, 3.8) is 0 Å². The van der Waals surface area contributed by atoms with E-state index in [0.29, 0.717) is 10.8 Å². The third-order valence-corrected chi connectivity index (χ3v) is 7.49. The number of nitrogens with zero attached hydrogens (tertiary/aromatic N) is 1. The molecule has 0 saturated carbocycles. The Balaban J connectivity index is 2.38. The molecule has 16 nitrogen and oxygen atoms in total. The first-order valence-electron chi connectivity index (χ1n) is 7.29.